The molecule has 9 nitrogen and oxygen atoms in total. The summed E-state index contributed by atoms with van der Waals surface area (Å²) >= 11 is 3.48. The second-order valence-electron chi connectivity index (χ2n) is 7.59. The van der Waals surface area contributed by atoms with E-state index in [1.165, 1.54) is 4.31 Å². The number of hydrogen-bond acceptors (Lipinski definition) is 7. The summed E-state index contributed by atoms with van der Waals surface area (Å²) in [4.78, 5) is 8.91. The fourth-order valence-electron chi connectivity index (χ4n) is 3.39. The van der Waals surface area contributed by atoms with E-state index >= 15 is 0 Å². The van der Waals surface area contributed by atoms with Crippen LogP contribution in [0.2, 0.25) is 0 Å². The topological polar surface area (TPSA) is 116 Å². The highest BCUT2D eigenvalue weighted by atomic mass is 79.9. The number of fused-ring (bicyclic) bond motifs is 1. The van der Waals surface area contributed by atoms with Gasteiger partial charge in [0.2, 0.25) is 16.8 Å². The van der Waals surface area contributed by atoms with Crippen LogP contribution in [-0.2, 0) is 10.9 Å². The third kappa shape index (κ3) is 4.53. The minimum Gasteiger partial charge on any atom is -0.337 e. The predicted molar refractivity (Wildman–Crippen MR) is 129 cm³/mol. The van der Waals surface area contributed by atoms with E-state index in [9.17, 15) is 8.42 Å². The lowest BCUT2D eigenvalue weighted by atomic mass is 10.2. The average Bonchev–Trinajstić information content (AvgIpc) is 3.49. The Hall–Kier alpha value is -3.18. The Bertz CT molecular complexity index is 1340. The van der Waals surface area contributed by atoms with Crippen LogP contribution in [0.3, 0.4) is 0 Å². The molecule has 3 N–H and O–H groups in total. The van der Waals surface area contributed by atoms with Gasteiger partial charge in [-0.25, -0.2) is 13.4 Å². The first-order chi connectivity index (χ1) is 15.6. The van der Waals surface area contributed by atoms with E-state index in [4.69, 9.17) is 0 Å². The van der Waals surface area contributed by atoms with E-state index in [0.717, 1.165) is 29.4 Å². The first-order valence-corrected chi connectivity index (χ1v) is 12.0. The molecule has 0 unspecified atom stereocenters. The van der Waals surface area contributed by atoms with E-state index in [0.29, 0.717) is 40.1 Å². The van der Waals surface area contributed by atoms with Gasteiger partial charge in [-0.05, 0) is 65.0 Å². The summed E-state index contributed by atoms with van der Waals surface area (Å²) in [6.07, 6.45) is 5.53. The average molecular weight is 514 g/mol. The van der Waals surface area contributed by atoms with Crippen LogP contribution in [0.4, 0.5) is 28.8 Å². The zero-order chi connectivity index (χ0) is 22.1. The lowest BCUT2D eigenvalue weighted by Gasteiger charge is -2.21. The molecule has 0 aliphatic heterocycles. The number of nitrogens with one attached hydrogen (secondary N) is 3. The summed E-state index contributed by atoms with van der Waals surface area (Å²) < 4.78 is 26.0. The normalized spacial score (nSPS) is 13.4. The maximum atomic E-state index is 11.9. The number of rotatable bonds is 8. The Morgan fingerprint density at radius 3 is 2.78 bits per heavy atom. The largest absolute Gasteiger partial charge is 0.337 e. The van der Waals surface area contributed by atoms with Gasteiger partial charge in [-0.2, -0.15) is 10.1 Å². The Morgan fingerprint density at radius 2 is 1.97 bits per heavy atom. The molecule has 0 spiro atoms. The van der Waals surface area contributed by atoms with Crippen molar-refractivity contribution >= 4 is 66.6 Å². The van der Waals surface area contributed by atoms with Crippen LogP contribution in [0.25, 0.3) is 10.9 Å². The summed E-state index contributed by atoms with van der Waals surface area (Å²) in [7, 11) is -2.75. The van der Waals surface area contributed by atoms with E-state index in [-0.39, 0.29) is 0 Å². The molecule has 2 heterocycles. The molecular weight excluding hydrogens is 494 g/mol. The molecule has 0 atom stereocenters. The molecule has 2 aromatic heterocycles. The van der Waals surface area contributed by atoms with Crippen molar-refractivity contribution in [3.63, 3.8) is 0 Å². The van der Waals surface area contributed by atoms with Crippen molar-refractivity contribution < 1.29 is 8.42 Å². The Labute approximate surface area is 194 Å². The second-order valence-corrected chi connectivity index (χ2v) is 9.41. The van der Waals surface area contributed by atoms with Crippen molar-refractivity contribution in [2.45, 2.75) is 12.8 Å². The Kier molecular flexibility index (Phi) is 5.66. The molecule has 1 saturated carbocycles. The van der Waals surface area contributed by atoms with Crippen molar-refractivity contribution in [2.24, 2.45) is 5.92 Å². The Morgan fingerprint density at radius 1 is 1.12 bits per heavy atom. The SMILES string of the molecule is O=[SH](=O)N(CC1CC1)c1ccccc1Nc1nc(Nc2ccc3cn[nH]c3c2)ncc1Br. The van der Waals surface area contributed by atoms with Crippen molar-refractivity contribution in [3.05, 3.63) is 59.3 Å². The molecule has 0 radical (unpaired) electrons. The van der Waals surface area contributed by atoms with Crippen molar-refractivity contribution in [1.29, 1.82) is 0 Å². The molecule has 2 aromatic carbocycles. The summed E-state index contributed by atoms with van der Waals surface area (Å²) in [6.45, 7) is 0.491. The minimum absolute atomic E-state index is 0.400. The fraction of sp³-hybridized carbons (Fsp3) is 0.190. The van der Waals surface area contributed by atoms with E-state index in [1.807, 2.05) is 36.4 Å². The number of nitrogens with zero attached hydrogens (tertiary/aromatic N) is 4. The van der Waals surface area contributed by atoms with Crippen LogP contribution in [-0.4, -0.2) is 35.1 Å². The number of aromatic nitrogens is 4. The number of hydrogen-bond donors (Lipinski definition) is 4. The predicted octanol–water partition coefficient (Wildman–Crippen LogP) is 4.35. The smallest absolute Gasteiger partial charge is 0.229 e. The molecule has 1 aliphatic rings. The van der Waals surface area contributed by atoms with Gasteiger partial charge in [0.25, 0.3) is 0 Å². The number of aromatic amines is 1. The molecule has 0 saturated heterocycles. The molecule has 1 aliphatic carbocycles. The highest BCUT2D eigenvalue weighted by Gasteiger charge is 2.27. The van der Waals surface area contributed by atoms with Gasteiger partial charge >= 0.3 is 0 Å². The first kappa shape index (κ1) is 20.7. The van der Waals surface area contributed by atoms with Gasteiger partial charge < -0.3 is 10.6 Å². The van der Waals surface area contributed by atoms with Gasteiger partial charge in [0.1, 0.15) is 5.82 Å². The van der Waals surface area contributed by atoms with Gasteiger partial charge in [-0.15, -0.1) is 0 Å². The summed E-state index contributed by atoms with van der Waals surface area (Å²) in [5.74, 6) is 1.34. The Balaban J connectivity index is 1.42. The third-order valence-corrected chi connectivity index (χ3v) is 6.56. The molecule has 164 valence electrons. The standard InChI is InChI=1S/C21H20BrN7O2S/c22-16-11-23-21(25-15-8-7-14-10-24-28-18(14)9-15)27-20(16)26-17-3-1-2-4-19(17)29(32(30)31)12-13-5-6-13/h1-4,7-11,13,32H,5-6,12H2,(H,24,28)(H2,23,25,26,27). The molecule has 11 heteroatoms. The molecule has 0 amide bonds. The number of anilines is 5. The van der Waals surface area contributed by atoms with E-state index < -0.39 is 10.9 Å². The number of thiol groups is 1. The van der Waals surface area contributed by atoms with Crippen molar-refractivity contribution in [3.8, 4) is 0 Å². The van der Waals surface area contributed by atoms with E-state index in [1.54, 1.807) is 18.5 Å². The molecule has 4 aromatic rings. The maximum absolute atomic E-state index is 11.9. The summed E-state index contributed by atoms with van der Waals surface area (Å²) in [6, 6.07) is 13.1. The number of H-pyrrole nitrogens is 1. The maximum Gasteiger partial charge on any atom is 0.229 e. The highest BCUT2D eigenvalue weighted by molar-refractivity contribution is 9.10. The van der Waals surface area contributed by atoms with Crippen LogP contribution < -0.4 is 14.9 Å². The van der Waals surface area contributed by atoms with E-state index in [2.05, 4.69) is 46.7 Å². The highest BCUT2D eigenvalue weighted by Crippen LogP contribution is 2.36. The van der Waals surface area contributed by atoms with Gasteiger partial charge in [-0.1, -0.05) is 12.1 Å². The molecule has 0 bridgehead atoms. The molecule has 1 fully saturated rings. The number of para-hydroxylation sites is 2. The zero-order valence-electron chi connectivity index (χ0n) is 16.8. The van der Waals surface area contributed by atoms with Crippen LogP contribution in [0.15, 0.2) is 59.3 Å². The molecule has 5 rings (SSSR count). The number of halogens is 1. The van der Waals surface area contributed by atoms with Gasteiger partial charge in [0.15, 0.2) is 0 Å². The van der Waals surface area contributed by atoms with Gasteiger partial charge in [0.05, 0.1) is 27.6 Å². The van der Waals surface area contributed by atoms with Crippen molar-refractivity contribution in [1.82, 2.24) is 20.2 Å². The lowest BCUT2D eigenvalue weighted by Crippen LogP contribution is -2.24. The monoisotopic (exact) mass is 513 g/mol. The minimum atomic E-state index is -2.75. The zero-order valence-corrected chi connectivity index (χ0v) is 19.3. The first-order valence-electron chi connectivity index (χ1n) is 10.1. The van der Waals surface area contributed by atoms with Crippen molar-refractivity contribution in [2.75, 3.05) is 21.5 Å². The van der Waals surface area contributed by atoms with Crippen LogP contribution in [0, 0.1) is 5.92 Å². The molecule has 32 heavy (non-hydrogen) atoms. The van der Waals surface area contributed by atoms with Gasteiger partial charge in [0, 0.05) is 23.8 Å². The van der Waals surface area contributed by atoms with Crippen LogP contribution in [0.1, 0.15) is 12.8 Å². The van der Waals surface area contributed by atoms with Gasteiger partial charge in [-0.3, -0.25) is 9.40 Å². The summed E-state index contributed by atoms with van der Waals surface area (Å²) in [5, 5.41) is 14.4. The quantitative estimate of drug-likeness (QED) is 0.259. The molecular formula is C21H20BrN7O2S. The van der Waals surface area contributed by atoms with Crippen LogP contribution >= 0.6 is 15.9 Å². The third-order valence-electron chi connectivity index (χ3n) is 5.20. The lowest BCUT2D eigenvalue weighted by molar-refractivity contribution is 0.607. The second kappa shape index (κ2) is 8.75. The fourth-order valence-corrected chi connectivity index (χ4v) is 4.39. The van der Waals surface area contributed by atoms with Crippen LogP contribution in [0.5, 0.6) is 0 Å². The number of benzene rings is 2. The summed E-state index contributed by atoms with van der Waals surface area (Å²) in [5.41, 5.74) is 2.97.